The molecule has 5 heteroatoms. The predicted molar refractivity (Wildman–Crippen MR) is 68.9 cm³/mol. The van der Waals surface area contributed by atoms with E-state index in [2.05, 4.69) is 0 Å². The van der Waals surface area contributed by atoms with Gasteiger partial charge in [-0.05, 0) is 30.5 Å². The number of nitrogens with zero attached hydrogens (tertiary/aromatic N) is 1. The molecule has 0 bridgehead atoms. The SMILES string of the molecule is COc1ccc(C2CCCN2C(=O)CC(=O)O)cc1. The molecule has 1 aliphatic heterocycles. The van der Waals surface area contributed by atoms with Gasteiger partial charge < -0.3 is 14.7 Å². The molecule has 0 saturated carbocycles. The first-order chi connectivity index (χ1) is 9.11. The lowest BCUT2D eigenvalue weighted by molar-refractivity contribution is -0.144. The summed E-state index contributed by atoms with van der Waals surface area (Å²) in [4.78, 5) is 24.2. The van der Waals surface area contributed by atoms with E-state index in [0.717, 1.165) is 24.2 Å². The van der Waals surface area contributed by atoms with Crippen molar-refractivity contribution >= 4 is 11.9 Å². The lowest BCUT2D eigenvalue weighted by Gasteiger charge is -2.24. The van der Waals surface area contributed by atoms with Gasteiger partial charge in [0.2, 0.25) is 5.91 Å². The smallest absolute Gasteiger partial charge is 0.312 e. The molecule has 1 amide bonds. The standard InChI is InChI=1S/C14H17NO4/c1-19-11-6-4-10(5-7-11)12-3-2-8-15(12)13(16)9-14(17)18/h4-7,12H,2-3,8-9H2,1H3,(H,17,18). The number of hydrogen-bond acceptors (Lipinski definition) is 3. The molecule has 0 spiro atoms. The number of carboxylic acid groups (broad SMARTS) is 1. The van der Waals surface area contributed by atoms with Crippen LogP contribution >= 0.6 is 0 Å². The summed E-state index contributed by atoms with van der Waals surface area (Å²) in [6, 6.07) is 7.55. The van der Waals surface area contributed by atoms with E-state index in [-0.39, 0.29) is 11.9 Å². The molecule has 1 heterocycles. The van der Waals surface area contributed by atoms with E-state index in [0.29, 0.717) is 6.54 Å². The second-order valence-corrected chi connectivity index (χ2v) is 4.59. The first kappa shape index (κ1) is 13.4. The van der Waals surface area contributed by atoms with E-state index in [1.807, 2.05) is 24.3 Å². The van der Waals surface area contributed by atoms with Crippen LogP contribution in [0.2, 0.25) is 0 Å². The molecule has 1 fully saturated rings. The van der Waals surface area contributed by atoms with Crippen LogP contribution in [0.15, 0.2) is 24.3 Å². The van der Waals surface area contributed by atoms with Gasteiger partial charge >= 0.3 is 5.97 Å². The third-order valence-corrected chi connectivity index (χ3v) is 3.38. The fraction of sp³-hybridized carbons (Fsp3) is 0.429. The average molecular weight is 263 g/mol. The Morgan fingerprint density at radius 1 is 1.37 bits per heavy atom. The molecule has 0 radical (unpaired) electrons. The van der Waals surface area contributed by atoms with Crippen LogP contribution in [-0.4, -0.2) is 35.5 Å². The van der Waals surface area contributed by atoms with E-state index in [1.165, 1.54) is 0 Å². The third-order valence-electron chi connectivity index (χ3n) is 3.38. The van der Waals surface area contributed by atoms with E-state index in [4.69, 9.17) is 9.84 Å². The van der Waals surface area contributed by atoms with Gasteiger partial charge in [0.25, 0.3) is 0 Å². The quantitative estimate of drug-likeness (QED) is 0.842. The predicted octanol–water partition coefficient (Wildman–Crippen LogP) is 1.83. The van der Waals surface area contributed by atoms with E-state index >= 15 is 0 Å². The molecular formula is C14H17NO4. The van der Waals surface area contributed by atoms with Gasteiger partial charge in [-0.15, -0.1) is 0 Å². The number of likely N-dealkylation sites (tertiary alicyclic amines) is 1. The summed E-state index contributed by atoms with van der Waals surface area (Å²) in [5.41, 5.74) is 1.03. The molecule has 1 atom stereocenters. The molecule has 0 aliphatic carbocycles. The van der Waals surface area contributed by atoms with Gasteiger partial charge in [-0.1, -0.05) is 12.1 Å². The minimum Gasteiger partial charge on any atom is -0.497 e. The van der Waals surface area contributed by atoms with Crippen molar-refractivity contribution in [2.45, 2.75) is 25.3 Å². The number of rotatable bonds is 4. The highest BCUT2D eigenvalue weighted by molar-refractivity contribution is 5.93. The minimum atomic E-state index is -1.08. The van der Waals surface area contributed by atoms with E-state index in [9.17, 15) is 9.59 Å². The Bertz CT molecular complexity index is 469. The molecule has 1 saturated heterocycles. The van der Waals surface area contributed by atoms with Crippen LogP contribution in [0.5, 0.6) is 5.75 Å². The molecule has 102 valence electrons. The van der Waals surface area contributed by atoms with Crippen LogP contribution in [0.4, 0.5) is 0 Å². The summed E-state index contributed by atoms with van der Waals surface area (Å²) in [6.07, 6.45) is 1.34. The summed E-state index contributed by atoms with van der Waals surface area (Å²) in [5, 5.41) is 8.71. The summed E-state index contributed by atoms with van der Waals surface area (Å²) in [5.74, 6) is -0.624. The Kier molecular flexibility index (Phi) is 4.04. The van der Waals surface area contributed by atoms with Gasteiger partial charge in [0.15, 0.2) is 0 Å². The highest BCUT2D eigenvalue weighted by Gasteiger charge is 2.30. The number of aliphatic carboxylic acids is 1. The molecule has 1 aromatic carbocycles. The maximum absolute atomic E-state index is 11.9. The summed E-state index contributed by atoms with van der Waals surface area (Å²) < 4.78 is 5.10. The number of amides is 1. The molecule has 1 N–H and O–H groups in total. The lowest BCUT2D eigenvalue weighted by atomic mass is 10.0. The van der Waals surface area contributed by atoms with Gasteiger partial charge in [0.05, 0.1) is 13.2 Å². The monoisotopic (exact) mass is 263 g/mol. The second kappa shape index (κ2) is 5.73. The minimum absolute atomic E-state index is 0.0160. The van der Waals surface area contributed by atoms with Crippen molar-refractivity contribution in [1.82, 2.24) is 4.90 Å². The zero-order valence-electron chi connectivity index (χ0n) is 10.8. The molecule has 1 aromatic rings. The average Bonchev–Trinajstić information content (AvgIpc) is 2.87. The van der Waals surface area contributed by atoms with E-state index in [1.54, 1.807) is 12.0 Å². The van der Waals surface area contributed by atoms with Crippen LogP contribution in [0.25, 0.3) is 0 Å². The van der Waals surface area contributed by atoms with Crippen molar-refractivity contribution < 1.29 is 19.4 Å². The van der Waals surface area contributed by atoms with E-state index < -0.39 is 12.4 Å². The van der Waals surface area contributed by atoms with Gasteiger partial charge in [-0.2, -0.15) is 0 Å². The Morgan fingerprint density at radius 2 is 2.05 bits per heavy atom. The first-order valence-electron chi connectivity index (χ1n) is 6.27. The molecular weight excluding hydrogens is 246 g/mol. The van der Waals surface area contributed by atoms with Gasteiger partial charge in [0.1, 0.15) is 12.2 Å². The van der Waals surface area contributed by atoms with Crippen molar-refractivity contribution in [2.75, 3.05) is 13.7 Å². The molecule has 1 aliphatic rings. The van der Waals surface area contributed by atoms with Crippen molar-refractivity contribution in [3.63, 3.8) is 0 Å². The fourth-order valence-electron chi connectivity index (χ4n) is 2.47. The zero-order chi connectivity index (χ0) is 13.8. The second-order valence-electron chi connectivity index (χ2n) is 4.59. The number of carboxylic acids is 1. The topological polar surface area (TPSA) is 66.8 Å². The Hall–Kier alpha value is -2.04. The summed E-state index contributed by atoms with van der Waals surface area (Å²) >= 11 is 0. The number of carbonyl (C=O) groups is 2. The summed E-state index contributed by atoms with van der Waals surface area (Å²) in [6.45, 7) is 0.628. The maximum Gasteiger partial charge on any atom is 0.312 e. The highest BCUT2D eigenvalue weighted by Crippen LogP contribution is 2.33. The number of benzene rings is 1. The highest BCUT2D eigenvalue weighted by atomic mass is 16.5. The Morgan fingerprint density at radius 3 is 2.63 bits per heavy atom. The largest absolute Gasteiger partial charge is 0.497 e. The van der Waals surface area contributed by atoms with Crippen molar-refractivity contribution in [3.05, 3.63) is 29.8 Å². The van der Waals surface area contributed by atoms with Crippen molar-refractivity contribution in [2.24, 2.45) is 0 Å². The van der Waals surface area contributed by atoms with Crippen molar-refractivity contribution in [3.8, 4) is 5.75 Å². The third kappa shape index (κ3) is 3.05. The van der Waals surface area contributed by atoms with Crippen LogP contribution in [0.1, 0.15) is 30.9 Å². The lowest BCUT2D eigenvalue weighted by Crippen LogP contribution is -2.31. The maximum atomic E-state index is 11.9. The van der Waals surface area contributed by atoms with Crippen LogP contribution in [0.3, 0.4) is 0 Å². The van der Waals surface area contributed by atoms with Crippen LogP contribution in [0, 0.1) is 0 Å². The van der Waals surface area contributed by atoms with Gasteiger partial charge in [0, 0.05) is 6.54 Å². The molecule has 1 unspecified atom stereocenters. The Balaban J connectivity index is 2.13. The first-order valence-corrected chi connectivity index (χ1v) is 6.27. The molecule has 2 rings (SSSR count). The summed E-state index contributed by atoms with van der Waals surface area (Å²) in [7, 11) is 1.60. The molecule has 5 nitrogen and oxygen atoms in total. The Labute approximate surface area is 111 Å². The number of hydrogen-bond donors (Lipinski definition) is 1. The number of carbonyl (C=O) groups excluding carboxylic acids is 1. The number of ether oxygens (including phenoxy) is 1. The van der Waals surface area contributed by atoms with Gasteiger partial charge in [-0.25, -0.2) is 0 Å². The normalized spacial score (nSPS) is 18.4. The molecule has 0 aromatic heterocycles. The molecule has 19 heavy (non-hydrogen) atoms. The van der Waals surface area contributed by atoms with Crippen molar-refractivity contribution in [1.29, 1.82) is 0 Å². The van der Waals surface area contributed by atoms with Crippen LogP contribution < -0.4 is 4.74 Å². The number of methoxy groups -OCH3 is 1. The van der Waals surface area contributed by atoms with Gasteiger partial charge in [-0.3, -0.25) is 9.59 Å². The zero-order valence-corrected chi connectivity index (χ0v) is 10.8. The van der Waals surface area contributed by atoms with Crippen LogP contribution in [-0.2, 0) is 9.59 Å². The fourth-order valence-corrected chi connectivity index (χ4v) is 2.47.